The minimum atomic E-state index is 0.653. The number of rotatable bonds is 2. The van der Waals surface area contributed by atoms with Crippen LogP contribution in [-0.2, 0) is 6.42 Å². The minimum absolute atomic E-state index is 0.653. The van der Waals surface area contributed by atoms with Crippen LogP contribution in [0.25, 0.3) is 43.1 Å². The lowest BCUT2D eigenvalue weighted by Gasteiger charge is -2.14. The van der Waals surface area contributed by atoms with Crippen molar-refractivity contribution in [3.05, 3.63) is 84.4 Å². The van der Waals surface area contributed by atoms with E-state index < -0.39 is 0 Å². The Morgan fingerprint density at radius 1 is 0.538 bits per heavy atom. The standard InChI is InChI=1S/C26H22/c1-17(2)16-20-8-5-7-19-11-13-24-23-12-10-18-6-3-4-9-21(18)22(23)14-15-25(24)26(19)20/h3-15,17H,16H2,1-2H3. The van der Waals surface area contributed by atoms with Gasteiger partial charge in [-0.2, -0.15) is 0 Å². The second-order valence-corrected chi connectivity index (χ2v) is 7.72. The molecule has 0 aliphatic rings. The van der Waals surface area contributed by atoms with Gasteiger partial charge in [0.2, 0.25) is 0 Å². The van der Waals surface area contributed by atoms with E-state index in [0.717, 1.165) is 6.42 Å². The third-order valence-corrected chi connectivity index (χ3v) is 5.48. The first-order valence-electron chi connectivity index (χ1n) is 9.47. The Kier molecular flexibility index (Phi) is 3.46. The monoisotopic (exact) mass is 334 g/mol. The summed E-state index contributed by atoms with van der Waals surface area (Å²) in [5.41, 5.74) is 1.46. The highest BCUT2D eigenvalue weighted by molar-refractivity contribution is 6.22. The van der Waals surface area contributed by atoms with Crippen LogP contribution in [0, 0.1) is 5.92 Å². The van der Waals surface area contributed by atoms with Gasteiger partial charge in [0.1, 0.15) is 0 Å². The van der Waals surface area contributed by atoms with E-state index in [1.54, 1.807) is 0 Å². The second kappa shape index (κ2) is 5.85. The van der Waals surface area contributed by atoms with Crippen LogP contribution in [0.5, 0.6) is 0 Å². The van der Waals surface area contributed by atoms with Gasteiger partial charge in [0.15, 0.2) is 0 Å². The smallest absolute Gasteiger partial charge is 0.00730 e. The molecule has 0 unspecified atom stereocenters. The summed E-state index contributed by atoms with van der Waals surface area (Å²) in [4.78, 5) is 0. The average Bonchev–Trinajstić information content (AvgIpc) is 2.66. The molecule has 0 bridgehead atoms. The Bertz CT molecular complexity index is 1280. The highest BCUT2D eigenvalue weighted by Crippen LogP contribution is 2.36. The Hall–Kier alpha value is -2.86. The highest BCUT2D eigenvalue weighted by atomic mass is 14.1. The van der Waals surface area contributed by atoms with E-state index in [1.807, 2.05) is 0 Å². The van der Waals surface area contributed by atoms with Gasteiger partial charge in [0.05, 0.1) is 0 Å². The molecule has 0 nitrogen and oxygen atoms in total. The lowest BCUT2D eigenvalue weighted by atomic mass is 9.90. The van der Waals surface area contributed by atoms with Crippen molar-refractivity contribution in [1.82, 2.24) is 0 Å². The fourth-order valence-corrected chi connectivity index (χ4v) is 4.38. The van der Waals surface area contributed by atoms with Crippen LogP contribution >= 0.6 is 0 Å². The van der Waals surface area contributed by atoms with Crippen molar-refractivity contribution < 1.29 is 0 Å². The first-order chi connectivity index (χ1) is 12.7. The van der Waals surface area contributed by atoms with E-state index in [-0.39, 0.29) is 0 Å². The topological polar surface area (TPSA) is 0 Å². The molecule has 0 N–H and O–H groups in total. The molecule has 0 saturated heterocycles. The van der Waals surface area contributed by atoms with Crippen molar-refractivity contribution in [1.29, 1.82) is 0 Å². The molecule has 0 atom stereocenters. The summed E-state index contributed by atoms with van der Waals surface area (Å²) >= 11 is 0. The number of benzene rings is 5. The maximum atomic E-state index is 2.33. The maximum absolute atomic E-state index is 2.33. The summed E-state index contributed by atoms with van der Waals surface area (Å²) in [5.74, 6) is 0.653. The molecule has 0 heterocycles. The fraction of sp³-hybridized carbons (Fsp3) is 0.154. The second-order valence-electron chi connectivity index (χ2n) is 7.72. The van der Waals surface area contributed by atoms with Gasteiger partial charge in [0, 0.05) is 0 Å². The molecule has 5 aromatic carbocycles. The average molecular weight is 334 g/mol. The van der Waals surface area contributed by atoms with Gasteiger partial charge in [-0.3, -0.25) is 0 Å². The van der Waals surface area contributed by atoms with Crippen molar-refractivity contribution >= 4 is 43.1 Å². The zero-order valence-corrected chi connectivity index (χ0v) is 15.3. The summed E-state index contributed by atoms with van der Waals surface area (Å²) < 4.78 is 0. The highest BCUT2D eigenvalue weighted by Gasteiger charge is 2.10. The summed E-state index contributed by atoms with van der Waals surface area (Å²) in [6.45, 7) is 4.59. The Morgan fingerprint density at radius 3 is 2.00 bits per heavy atom. The first-order valence-corrected chi connectivity index (χ1v) is 9.47. The molecule has 5 aromatic rings. The van der Waals surface area contributed by atoms with Gasteiger partial charge >= 0.3 is 0 Å². The summed E-state index contributed by atoms with van der Waals surface area (Å²) in [7, 11) is 0. The Labute approximate surface area is 154 Å². The SMILES string of the molecule is CC(C)Cc1cccc2ccc3c4ccc5ccccc5c4ccc3c12. The van der Waals surface area contributed by atoms with Crippen molar-refractivity contribution in [3.8, 4) is 0 Å². The number of hydrogen-bond donors (Lipinski definition) is 0. The molecule has 0 aliphatic heterocycles. The molecule has 0 spiro atoms. The molecule has 0 radical (unpaired) electrons. The molecule has 0 aliphatic carbocycles. The normalized spacial score (nSPS) is 12.0. The van der Waals surface area contributed by atoms with Gasteiger partial charge in [-0.15, -0.1) is 0 Å². The van der Waals surface area contributed by atoms with Crippen LogP contribution in [0.2, 0.25) is 0 Å². The predicted octanol–water partition coefficient (Wildman–Crippen LogP) is 7.50. The van der Waals surface area contributed by atoms with Gasteiger partial charge in [-0.05, 0) is 61.0 Å². The van der Waals surface area contributed by atoms with E-state index >= 15 is 0 Å². The third kappa shape index (κ3) is 2.29. The number of hydrogen-bond acceptors (Lipinski definition) is 0. The summed E-state index contributed by atoms with van der Waals surface area (Å²) in [6.07, 6.45) is 1.12. The van der Waals surface area contributed by atoms with E-state index in [0.29, 0.717) is 5.92 Å². The predicted molar refractivity (Wildman–Crippen MR) is 115 cm³/mol. The lowest BCUT2D eigenvalue weighted by Crippen LogP contribution is -1.95. The quantitative estimate of drug-likeness (QED) is 0.293. The molecular formula is C26H22. The zero-order valence-electron chi connectivity index (χ0n) is 15.3. The first kappa shape index (κ1) is 15.4. The van der Waals surface area contributed by atoms with E-state index in [4.69, 9.17) is 0 Å². The molecule has 26 heavy (non-hydrogen) atoms. The van der Waals surface area contributed by atoms with Crippen LogP contribution in [0.1, 0.15) is 19.4 Å². The third-order valence-electron chi connectivity index (χ3n) is 5.48. The molecule has 0 heteroatoms. The van der Waals surface area contributed by atoms with E-state index in [9.17, 15) is 0 Å². The van der Waals surface area contributed by atoms with Crippen LogP contribution < -0.4 is 0 Å². The Morgan fingerprint density at radius 2 is 1.15 bits per heavy atom. The summed E-state index contributed by atoms with van der Waals surface area (Å²) in [6, 6.07) is 29.2. The van der Waals surface area contributed by atoms with Gasteiger partial charge in [0.25, 0.3) is 0 Å². The van der Waals surface area contributed by atoms with Crippen molar-refractivity contribution in [2.24, 2.45) is 5.92 Å². The van der Waals surface area contributed by atoms with Gasteiger partial charge in [-0.1, -0.05) is 92.7 Å². The molecule has 0 amide bonds. The van der Waals surface area contributed by atoms with Crippen LogP contribution in [0.15, 0.2) is 78.9 Å². The summed E-state index contributed by atoms with van der Waals surface area (Å²) in [5, 5.41) is 10.8. The van der Waals surface area contributed by atoms with Gasteiger partial charge in [-0.25, -0.2) is 0 Å². The number of fused-ring (bicyclic) bond motifs is 7. The van der Waals surface area contributed by atoms with Gasteiger partial charge < -0.3 is 0 Å². The minimum Gasteiger partial charge on any atom is -0.0625 e. The molecule has 5 rings (SSSR count). The zero-order chi connectivity index (χ0) is 17.7. The molecule has 0 aromatic heterocycles. The van der Waals surface area contributed by atoms with E-state index in [2.05, 4.69) is 92.7 Å². The van der Waals surface area contributed by atoms with Crippen LogP contribution in [-0.4, -0.2) is 0 Å². The molecule has 0 fully saturated rings. The maximum Gasteiger partial charge on any atom is -0.00730 e. The van der Waals surface area contributed by atoms with Crippen LogP contribution in [0.4, 0.5) is 0 Å². The van der Waals surface area contributed by atoms with Crippen molar-refractivity contribution in [3.63, 3.8) is 0 Å². The van der Waals surface area contributed by atoms with Crippen LogP contribution in [0.3, 0.4) is 0 Å². The Balaban J connectivity index is 1.93. The fourth-order valence-electron chi connectivity index (χ4n) is 4.38. The molecule has 0 saturated carbocycles. The molecule has 126 valence electrons. The largest absolute Gasteiger partial charge is 0.0625 e. The van der Waals surface area contributed by atoms with E-state index in [1.165, 1.54) is 48.7 Å². The van der Waals surface area contributed by atoms with Crippen molar-refractivity contribution in [2.75, 3.05) is 0 Å². The molecular weight excluding hydrogens is 312 g/mol. The van der Waals surface area contributed by atoms with Crippen molar-refractivity contribution in [2.45, 2.75) is 20.3 Å². The lowest BCUT2D eigenvalue weighted by molar-refractivity contribution is 0.650.